The lowest BCUT2D eigenvalue weighted by molar-refractivity contribution is -0.146. The molecule has 28 heavy (non-hydrogen) atoms. The molecule has 0 spiro atoms. The van der Waals surface area contributed by atoms with E-state index in [1.165, 1.54) is 13.3 Å². The van der Waals surface area contributed by atoms with Crippen LogP contribution in [0.4, 0.5) is 10.6 Å². The highest BCUT2D eigenvalue weighted by Gasteiger charge is 2.38. The van der Waals surface area contributed by atoms with Crippen LogP contribution < -0.4 is 4.90 Å². The van der Waals surface area contributed by atoms with Crippen molar-refractivity contribution >= 4 is 17.9 Å². The van der Waals surface area contributed by atoms with E-state index >= 15 is 0 Å². The van der Waals surface area contributed by atoms with Crippen molar-refractivity contribution in [1.82, 2.24) is 14.9 Å². The average Bonchev–Trinajstić information content (AvgIpc) is 2.89. The second kappa shape index (κ2) is 7.56. The molecule has 1 aliphatic carbocycles. The molecule has 1 saturated heterocycles. The first-order chi connectivity index (χ1) is 13.1. The molecule has 3 rings (SSSR count). The Morgan fingerprint density at radius 1 is 1.18 bits per heavy atom. The predicted octanol–water partition coefficient (Wildman–Crippen LogP) is 3.03. The van der Waals surface area contributed by atoms with E-state index in [1.54, 1.807) is 4.90 Å². The third-order valence-corrected chi connectivity index (χ3v) is 5.12. The van der Waals surface area contributed by atoms with Gasteiger partial charge in [0.05, 0.1) is 5.69 Å². The maximum Gasteiger partial charge on any atom is 0.410 e. The van der Waals surface area contributed by atoms with Gasteiger partial charge < -0.3 is 19.3 Å². The first-order valence-corrected chi connectivity index (χ1v) is 9.83. The van der Waals surface area contributed by atoms with Gasteiger partial charge in [0.1, 0.15) is 23.9 Å². The summed E-state index contributed by atoms with van der Waals surface area (Å²) in [5.74, 6) is 0.777. The fraction of sp³-hybridized carbons (Fsp3) is 0.700. The summed E-state index contributed by atoms with van der Waals surface area (Å²) in [5, 5.41) is 0. The molecule has 1 aliphatic heterocycles. The monoisotopic (exact) mass is 390 g/mol. The van der Waals surface area contributed by atoms with E-state index in [-0.39, 0.29) is 30.1 Å². The normalized spacial score (nSPS) is 24.7. The van der Waals surface area contributed by atoms with Crippen LogP contribution in [0.2, 0.25) is 0 Å². The summed E-state index contributed by atoms with van der Waals surface area (Å²) >= 11 is 0. The van der Waals surface area contributed by atoms with Gasteiger partial charge in [-0.15, -0.1) is 0 Å². The lowest BCUT2D eigenvalue weighted by atomic mass is 10.0. The molecule has 8 heteroatoms. The highest BCUT2D eigenvalue weighted by atomic mass is 16.6. The number of carbonyl (C=O) groups excluding carboxylic acids is 2. The molecule has 0 bridgehead atoms. The minimum Gasteiger partial charge on any atom is -0.456 e. The zero-order valence-corrected chi connectivity index (χ0v) is 17.6. The number of fused-ring (bicyclic) bond motifs is 1. The zero-order valence-electron chi connectivity index (χ0n) is 17.6. The summed E-state index contributed by atoms with van der Waals surface area (Å²) < 4.78 is 11.0. The third-order valence-electron chi connectivity index (χ3n) is 5.12. The van der Waals surface area contributed by atoms with E-state index in [4.69, 9.17) is 9.47 Å². The van der Waals surface area contributed by atoms with Gasteiger partial charge in [-0.05, 0) is 40.0 Å². The summed E-state index contributed by atoms with van der Waals surface area (Å²) in [6.07, 6.45) is 1.65. The van der Waals surface area contributed by atoms with Gasteiger partial charge in [-0.1, -0.05) is 6.92 Å². The van der Waals surface area contributed by atoms with Gasteiger partial charge in [-0.3, -0.25) is 4.79 Å². The number of ether oxygens (including phenoxy) is 2. The predicted molar refractivity (Wildman–Crippen MR) is 104 cm³/mol. The van der Waals surface area contributed by atoms with Gasteiger partial charge in [0.2, 0.25) is 0 Å². The topological polar surface area (TPSA) is 84.9 Å². The zero-order chi connectivity index (χ0) is 20.6. The molecule has 1 aromatic heterocycles. The van der Waals surface area contributed by atoms with Crippen LogP contribution in [-0.2, 0) is 14.3 Å². The first kappa shape index (κ1) is 20.4. The SMILES string of the molecule is CC(=O)OC1CC(C)c2c1ncnc2N1CCN(C(=O)OC(C)(C)C)CC1C. The molecule has 3 unspecified atom stereocenters. The molecule has 1 amide bonds. The van der Waals surface area contributed by atoms with Crippen LogP contribution in [0.1, 0.15) is 71.2 Å². The lowest BCUT2D eigenvalue weighted by Gasteiger charge is -2.41. The number of aromatic nitrogens is 2. The Morgan fingerprint density at radius 2 is 1.89 bits per heavy atom. The van der Waals surface area contributed by atoms with Crippen LogP contribution in [0.15, 0.2) is 6.33 Å². The fourth-order valence-corrected chi connectivity index (χ4v) is 3.98. The van der Waals surface area contributed by atoms with Crippen molar-refractivity contribution in [3.63, 3.8) is 0 Å². The number of hydrogen-bond donors (Lipinski definition) is 0. The van der Waals surface area contributed by atoms with E-state index < -0.39 is 5.60 Å². The Morgan fingerprint density at radius 3 is 2.50 bits per heavy atom. The second-order valence-electron chi connectivity index (χ2n) is 8.70. The standard InChI is InChI=1S/C20H30N4O4/c1-12-9-15(27-14(3)25)17-16(12)18(22-11-21-17)24-8-7-23(10-13(24)2)19(26)28-20(4,5)6/h11-13,15H,7-10H2,1-6H3. The van der Waals surface area contributed by atoms with E-state index in [0.29, 0.717) is 26.1 Å². The van der Waals surface area contributed by atoms with Crippen molar-refractivity contribution in [2.75, 3.05) is 24.5 Å². The number of nitrogens with zero attached hydrogens (tertiary/aromatic N) is 4. The molecule has 154 valence electrons. The van der Waals surface area contributed by atoms with Crippen molar-refractivity contribution < 1.29 is 19.1 Å². The molecule has 3 atom stereocenters. The number of hydrogen-bond acceptors (Lipinski definition) is 7. The summed E-state index contributed by atoms with van der Waals surface area (Å²) in [5.41, 5.74) is 1.34. The number of rotatable bonds is 2. The molecule has 0 radical (unpaired) electrons. The maximum atomic E-state index is 12.4. The largest absolute Gasteiger partial charge is 0.456 e. The van der Waals surface area contributed by atoms with Gasteiger partial charge >= 0.3 is 12.1 Å². The van der Waals surface area contributed by atoms with Gasteiger partial charge in [-0.2, -0.15) is 0 Å². The van der Waals surface area contributed by atoms with Gasteiger partial charge in [-0.25, -0.2) is 14.8 Å². The second-order valence-corrected chi connectivity index (χ2v) is 8.70. The molecular weight excluding hydrogens is 360 g/mol. The average molecular weight is 390 g/mol. The van der Waals surface area contributed by atoms with Gasteiger partial charge in [0, 0.05) is 38.2 Å². The molecule has 0 saturated carbocycles. The first-order valence-electron chi connectivity index (χ1n) is 9.83. The van der Waals surface area contributed by atoms with E-state index in [1.807, 2.05) is 20.8 Å². The van der Waals surface area contributed by atoms with Crippen molar-refractivity contribution in [2.45, 2.75) is 71.6 Å². The van der Waals surface area contributed by atoms with Crippen LogP contribution in [0.5, 0.6) is 0 Å². The van der Waals surface area contributed by atoms with Crippen molar-refractivity contribution in [3.05, 3.63) is 17.6 Å². The fourth-order valence-electron chi connectivity index (χ4n) is 3.98. The van der Waals surface area contributed by atoms with Crippen LogP contribution in [-0.4, -0.2) is 58.2 Å². The molecular formula is C20H30N4O4. The molecule has 2 heterocycles. The summed E-state index contributed by atoms with van der Waals surface area (Å²) in [6, 6.07) is 0.0836. The van der Waals surface area contributed by atoms with E-state index in [2.05, 4.69) is 28.7 Å². The van der Waals surface area contributed by atoms with Crippen molar-refractivity contribution in [1.29, 1.82) is 0 Å². The Labute approximate surface area is 166 Å². The minimum absolute atomic E-state index is 0.0836. The van der Waals surface area contributed by atoms with Crippen LogP contribution in [0.25, 0.3) is 0 Å². The highest BCUT2D eigenvalue weighted by molar-refractivity contribution is 5.69. The Hall–Kier alpha value is -2.38. The Kier molecular flexibility index (Phi) is 5.50. The quantitative estimate of drug-likeness (QED) is 0.718. The van der Waals surface area contributed by atoms with E-state index in [9.17, 15) is 9.59 Å². The summed E-state index contributed by atoms with van der Waals surface area (Å²) in [4.78, 5) is 36.8. The van der Waals surface area contributed by atoms with Crippen LogP contribution in [0, 0.1) is 0 Å². The van der Waals surface area contributed by atoms with Crippen LogP contribution in [0.3, 0.4) is 0 Å². The van der Waals surface area contributed by atoms with Crippen molar-refractivity contribution in [3.8, 4) is 0 Å². The molecule has 8 nitrogen and oxygen atoms in total. The van der Waals surface area contributed by atoms with Gasteiger partial charge in [0.15, 0.2) is 0 Å². The Bertz CT molecular complexity index is 761. The third kappa shape index (κ3) is 4.20. The number of amides is 1. The van der Waals surface area contributed by atoms with Gasteiger partial charge in [0.25, 0.3) is 0 Å². The minimum atomic E-state index is -0.508. The highest BCUT2D eigenvalue weighted by Crippen LogP contribution is 2.45. The molecule has 1 aromatic rings. The molecule has 2 aliphatic rings. The van der Waals surface area contributed by atoms with Crippen molar-refractivity contribution in [2.24, 2.45) is 0 Å². The number of carbonyl (C=O) groups is 2. The summed E-state index contributed by atoms with van der Waals surface area (Å²) in [6.45, 7) is 13.0. The number of piperazine rings is 1. The Balaban J connectivity index is 1.78. The number of esters is 1. The smallest absolute Gasteiger partial charge is 0.410 e. The van der Waals surface area contributed by atoms with Crippen LogP contribution >= 0.6 is 0 Å². The molecule has 0 N–H and O–H groups in total. The molecule has 1 fully saturated rings. The maximum absolute atomic E-state index is 12.4. The van der Waals surface area contributed by atoms with E-state index in [0.717, 1.165) is 17.1 Å². The number of anilines is 1. The summed E-state index contributed by atoms with van der Waals surface area (Å²) in [7, 11) is 0. The molecule has 0 aromatic carbocycles. The lowest BCUT2D eigenvalue weighted by Crippen LogP contribution is -2.55.